The molecule has 1 N–H and O–H groups in total. The molecule has 1 aliphatic rings. The van der Waals surface area contributed by atoms with Gasteiger partial charge in [-0.05, 0) is 74.4 Å². The van der Waals surface area contributed by atoms with Crippen molar-refractivity contribution < 1.29 is 17.9 Å². The average molecular weight is 459 g/mol. The highest BCUT2D eigenvalue weighted by Gasteiger charge is 2.28. The summed E-state index contributed by atoms with van der Waals surface area (Å²) in [5.74, 6) is 0.534. The Labute approximate surface area is 192 Å². The van der Waals surface area contributed by atoms with Crippen molar-refractivity contribution in [2.75, 3.05) is 20.2 Å². The van der Waals surface area contributed by atoms with Gasteiger partial charge in [-0.25, -0.2) is 8.42 Å². The van der Waals surface area contributed by atoms with Crippen LogP contribution in [0.25, 0.3) is 0 Å². The molecule has 0 bridgehead atoms. The molecule has 1 amide bonds. The van der Waals surface area contributed by atoms with Gasteiger partial charge < -0.3 is 10.1 Å². The Bertz CT molecular complexity index is 1060. The Balaban J connectivity index is 1.71. The normalized spacial score (nSPS) is 15.5. The SMILES string of the molecule is CCC(NC(=O)CCc1cc(S(=O)(=O)N2CCCC2)ccc1OC)c1ccc(C)cc1C. The number of nitrogens with zero attached hydrogens (tertiary/aromatic N) is 1. The van der Waals surface area contributed by atoms with E-state index in [9.17, 15) is 13.2 Å². The van der Waals surface area contributed by atoms with E-state index in [4.69, 9.17) is 4.74 Å². The number of hydrogen-bond acceptors (Lipinski definition) is 4. The molecule has 2 aromatic carbocycles. The Kier molecular flexibility index (Phi) is 7.96. The molecule has 0 saturated carbocycles. The van der Waals surface area contributed by atoms with Crippen molar-refractivity contribution >= 4 is 15.9 Å². The number of nitrogens with one attached hydrogen (secondary N) is 1. The van der Waals surface area contributed by atoms with Crippen LogP contribution in [0.4, 0.5) is 0 Å². The number of benzene rings is 2. The minimum Gasteiger partial charge on any atom is -0.496 e. The van der Waals surface area contributed by atoms with Gasteiger partial charge in [0.25, 0.3) is 0 Å². The molecule has 6 nitrogen and oxygen atoms in total. The molecule has 1 saturated heterocycles. The summed E-state index contributed by atoms with van der Waals surface area (Å²) in [4.78, 5) is 13.0. The maximum absolute atomic E-state index is 12.9. The summed E-state index contributed by atoms with van der Waals surface area (Å²) < 4.78 is 32.8. The first-order chi connectivity index (χ1) is 15.3. The van der Waals surface area contributed by atoms with Crippen molar-refractivity contribution in [3.8, 4) is 5.75 Å². The van der Waals surface area contributed by atoms with Crippen LogP contribution >= 0.6 is 0 Å². The molecule has 1 aliphatic heterocycles. The second kappa shape index (κ2) is 10.5. The number of sulfonamides is 1. The summed E-state index contributed by atoms with van der Waals surface area (Å²) in [6.45, 7) is 7.29. The highest BCUT2D eigenvalue weighted by Crippen LogP contribution is 2.28. The molecule has 1 fully saturated rings. The largest absolute Gasteiger partial charge is 0.496 e. The number of hydrogen-bond donors (Lipinski definition) is 1. The van der Waals surface area contributed by atoms with Gasteiger partial charge in [-0.2, -0.15) is 4.31 Å². The van der Waals surface area contributed by atoms with Crippen LogP contribution in [0.2, 0.25) is 0 Å². The number of carbonyl (C=O) groups excluding carboxylic acids is 1. The summed E-state index contributed by atoms with van der Waals surface area (Å²) in [5, 5.41) is 3.13. The summed E-state index contributed by atoms with van der Waals surface area (Å²) in [5.41, 5.74) is 4.21. The van der Waals surface area contributed by atoms with E-state index in [1.54, 1.807) is 25.3 Å². The van der Waals surface area contributed by atoms with Gasteiger partial charge in [0, 0.05) is 19.5 Å². The Morgan fingerprint density at radius 2 is 1.84 bits per heavy atom. The lowest BCUT2D eigenvalue weighted by atomic mass is 9.97. The predicted molar refractivity (Wildman–Crippen MR) is 126 cm³/mol. The third-order valence-electron chi connectivity index (χ3n) is 6.12. The van der Waals surface area contributed by atoms with Crippen LogP contribution in [0, 0.1) is 13.8 Å². The smallest absolute Gasteiger partial charge is 0.243 e. The number of carbonyl (C=O) groups is 1. The number of aryl methyl sites for hydroxylation is 3. The molecule has 0 aromatic heterocycles. The van der Waals surface area contributed by atoms with Gasteiger partial charge in [-0.15, -0.1) is 0 Å². The fraction of sp³-hybridized carbons (Fsp3) is 0.480. The van der Waals surface area contributed by atoms with E-state index in [2.05, 4.69) is 44.3 Å². The minimum atomic E-state index is -3.51. The number of amides is 1. The molecule has 32 heavy (non-hydrogen) atoms. The van der Waals surface area contributed by atoms with Crippen LogP contribution in [0.15, 0.2) is 41.3 Å². The molecule has 0 spiro atoms. The Morgan fingerprint density at radius 1 is 1.12 bits per heavy atom. The van der Waals surface area contributed by atoms with Crippen LogP contribution in [-0.2, 0) is 21.2 Å². The van der Waals surface area contributed by atoms with Gasteiger partial charge in [-0.3, -0.25) is 4.79 Å². The van der Waals surface area contributed by atoms with Crippen LogP contribution in [-0.4, -0.2) is 38.8 Å². The van der Waals surface area contributed by atoms with Gasteiger partial charge in [0.15, 0.2) is 0 Å². The lowest BCUT2D eigenvalue weighted by Gasteiger charge is -2.20. The molecule has 1 heterocycles. The second-order valence-corrected chi connectivity index (χ2v) is 10.4. The molecule has 7 heteroatoms. The lowest BCUT2D eigenvalue weighted by Crippen LogP contribution is -2.29. The van der Waals surface area contributed by atoms with Gasteiger partial charge in [0.05, 0.1) is 18.0 Å². The van der Waals surface area contributed by atoms with E-state index >= 15 is 0 Å². The van der Waals surface area contributed by atoms with E-state index in [0.29, 0.717) is 25.3 Å². The van der Waals surface area contributed by atoms with Crippen molar-refractivity contribution in [2.45, 2.75) is 63.8 Å². The molecule has 1 unspecified atom stereocenters. The third kappa shape index (κ3) is 5.51. The summed E-state index contributed by atoms with van der Waals surface area (Å²) >= 11 is 0. The first-order valence-corrected chi connectivity index (χ1v) is 12.7. The molecule has 3 rings (SSSR count). The zero-order chi connectivity index (χ0) is 23.3. The maximum atomic E-state index is 12.9. The lowest BCUT2D eigenvalue weighted by molar-refractivity contribution is -0.121. The van der Waals surface area contributed by atoms with Gasteiger partial charge in [-0.1, -0.05) is 30.7 Å². The molecular weight excluding hydrogens is 424 g/mol. The zero-order valence-corrected chi connectivity index (χ0v) is 20.3. The summed E-state index contributed by atoms with van der Waals surface area (Å²) in [7, 11) is -1.96. The summed E-state index contributed by atoms with van der Waals surface area (Å²) in [6.07, 6.45) is 3.23. The van der Waals surface area contributed by atoms with E-state index in [-0.39, 0.29) is 23.3 Å². The van der Waals surface area contributed by atoms with Gasteiger partial charge >= 0.3 is 0 Å². The molecule has 0 radical (unpaired) electrons. The van der Waals surface area contributed by atoms with Crippen LogP contribution < -0.4 is 10.1 Å². The first-order valence-electron chi connectivity index (χ1n) is 11.3. The van der Waals surface area contributed by atoms with E-state index in [1.807, 2.05) is 0 Å². The zero-order valence-electron chi connectivity index (χ0n) is 19.5. The van der Waals surface area contributed by atoms with Gasteiger partial charge in [0.2, 0.25) is 15.9 Å². The fourth-order valence-electron chi connectivity index (χ4n) is 4.32. The summed E-state index contributed by atoms with van der Waals surface area (Å²) in [6, 6.07) is 11.1. The van der Waals surface area contributed by atoms with Crippen molar-refractivity contribution in [1.82, 2.24) is 9.62 Å². The molecular formula is C25H34N2O4S. The van der Waals surface area contributed by atoms with Gasteiger partial charge in [0.1, 0.15) is 5.75 Å². The van der Waals surface area contributed by atoms with Crippen LogP contribution in [0.5, 0.6) is 5.75 Å². The second-order valence-electron chi connectivity index (χ2n) is 8.47. The highest BCUT2D eigenvalue weighted by atomic mass is 32.2. The number of ether oxygens (including phenoxy) is 1. The topological polar surface area (TPSA) is 75.7 Å². The molecule has 2 aromatic rings. The highest BCUT2D eigenvalue weighted by molar-refractivity contribution is 7.89. The minimum absolute atomic E-state index is 0.0492. The standard InChI is InChI=1S/C25H34N2O4S/c1-5-23(22-11-8-18(2)16-19(22)3)26-25(28)13-9-20-17-21(10-12-24(20)31-4)32(29,30)27-14-6-7-15-27/h8,10-12,16-17,23H,5-7,9,13-15H2,1-4H3,(H,26,28). The average Bonchev–Trinajstić information content (AvgIpc) is 3.32. The quantitative estimate of drug-likeness (QED) is 0.608. The first kappa shape index (κ1) is 24.3. The van der Waals surface area contributed by atoms with Crippen molar-refractivity contribution in [3.05, 3.63) is 58.7 Å². The van der Waals surface area contributed by atoms with Crippen molar-refractivity contribution in [2.24, 2.45) is 0 Å². The monoisotopic (exact) mass is 458 g/mol. The molecule has 0 aliphatic carbocycles. The predicted octanol–water partition coefficient (Wildman–Crippen LogP) is 4.30. The maximum Gasteiger partial charge on any atom is 0.243 e. The third-order valence-corrected chi connectivity index (χ3v) is 8.01. The van der Waals surface area contributed by atoms with Crippen molar-refractivity contribution in [3.63, 3.8) is 0 Å². The van der Waals surface area contributed by atoms with Crippen LogP contribution in [0.1, 0.15) is 60.9 Å². The van der Waals surface area contributed by atoms with E-state index in [1.165, 1.54) is 15.4 Å². The Morgan fingerprint density at radius 3 is 2.47 bits per heavy atom. The van der Waals surface area contributed by atoms with E-state index < -0.39 is 10.0 Å². The number of rotatable bonds is 9. The van der Waals surface area contributed by atoms with E-state index in [0.717, 1.165) is 30.4 Å². The molecule has 1 atom stereocenters. The molecule has 174 valence electrons. The number of methoxy groups -OCH3 is 1. The van der Waals surface area contributed by atoms with Crippen molar-refractivity contribution in [1.29, 1.82) is 0 Å². The Hall–Kier alpha value is -2.38. The van der Waals surface area contributed by atoms with Crippen LogP contribution in [0.3, 0.4) is 0 Å². The fourth-order valence-corrected chi connectivity index (χ4v) is 5.89.